The number of nitrogens with two attached hydrogens (primary N) is 1. The van der Waals surface area contributed by atoms with Gasteiger partial charge in [-0.15, -0.1) is 0 Å². The molecule has 0 unspecified atom stereocenters. The number of hydrogen-bond acceptors (Lipinski definition) is 2. The van der Waals surface area contributed by atoms with Crippen LogP contribution in [0.2, 0.25) is 5.02 Å². The third-order valence-electron chi connectivity index (χ3n) is 3.14. The summed E-state index contributed by atoms with van der Waals surface area (Å²) in [5.41, 5.74) is 7.35. The van der Waals surface area contributed by atoms with Crippen molar-refractivity contribution in [3.8, 4) is 0 Å². The fourth-order valence-corrected chi connectivity index (χ4v) is 2.34. The van der Waals surface area contributed by atoms with Crippen LogP contribution in [0.5, 0.6) is 0 Å². The van der Waals surface area contributed by atoms with E-state index in [9.17, 15) is 4.39 Å². The van der Waals surface area contributed by atoms with Gasteiger partial charge < -0.3 is 10.6 Å². The van der Waals surface area contributed by atoms with Crippen LogP contribution in [0, 0.1) is 5.82 Å². The number of nitrogens with zero attached hydrogens (tertiary/aromatic N) is 1. The van der Waals surface area contributed by atoms with Gasteiger partial charge in [0, 0.05) is 25.2 Å². The standard InChI is InChI=1S/C16H16ClFN2S/c17-16-12(5-4-8-14(16)18)11-20(10-9-15(19)21)13-6-2-1-3-7-13/h1-8H,9-11H2,(H2,19,21). The molecule has 0 saturated heterocycles. The third kappa shape index (κ3) is 4.41. The number of hydrogen-bond donors (Lipinski definition) is 1. The Morgan fingerprint density at radius 2 is 1.86 bits per heavy atom. The summed E-state index contributed by atoms with van der Waals surface area (Å²) in [4.78, 5) is 2.54. The molecule has 0 aliphatic rings. The Hall–Kier alpha value is -1.65. The highest BCUT2D eigenvalue weighted by molar-refractivity contribution is 7.80. The molecule has 0 heterocycles. The van der Waals surface area contributed by atoms with Crippen molar-refractivity contribution < 1.29 is 4.39 Å². The van der Waals surface area contributed by atoms with E-state index in [1.54, 1.807) is 6.07 Å². The summed E-state index contributed by atoms with van der Waals surface area (Å²) in [6.45, 7) is 1.16. The molecule has 2 aromatic carbocycles. The molecule has 2 rings (SSSR count). The average molecular weight is 323 g/mol. The molecule has 21 heavy (non-hydrogen) atoms. The van der Waals surface area contributed by atoms with Crippen molar-refractivity contribution in [3.05, 3.63) is 64.9 Å². The summed E-state index contributed by atoms with van der Waals surface area (Å²) < 4.78 is 13.6. The second kappa shape index (κ2) is 7.38. The summed E-state index contributed by atoms with van der Waals surface area (Å²) in [5.74, 6) is -0.406. The van der Waals surface area contributed by atoms with E-state index in [4.69, 9.17) is 29.6 Å². The Morgan fingerprint density at radius 3 is 2.52 bits per heavy atom. The van der Waals surface area contributed by atoms with Crippen LogP contribution >= 0.6 is 23.8 Å². The highest BCUT2D eigenvalue weighted by atomic mass is 35.5. The van der Waals surface area contributed by atoms with E-state index < -0.39 is 5.82 Å². The monoisotopic (exact) mass is 322 g/mol. The van der Waals surface area contributed by atoms with Crippen LogP contribution in [0.1, 0.15) is 12.0 Å². The smallest absolute Gasteiger partial charge is 0.142 e. The maximum atomic E-state index is 13.6. The van der Waals surface area contributed by atoms with E-state index in [-0.39, 0.29) is 5.02 Å². The summed E-state index contributed by atoms with van der Waals surface area (Å²) in [5, 5.41) is 0.161. The highest BCUT2D eigenvalue weighted by Crippen LogP contribution is 2.24. The minimum absolute atomic E-state index is 0.161. The molecular formula is C16H16ClFN2S. The first-order chi connectivity index (χ1) is 10.1. The van der Waals surface area contributed by atoms with Gasteiger partial charge in [-0.05, 0) is 23.8 Å². The number of rotatable bonds is 6. The van der Waals surface area contributed by atoms with Crippen molar-refractivity contribution in [3.63, 3.8) is 0 Å². The number of anilines is 1. The van der Waals surface area contributed by atoms with Gasteiger partial charge >= 0.3 is 0 Å². The van der Waals surface area contributed by atoms with Crippen LogP contribution in [-0.4, -0.2) is 11.5 Å². The van der Waals surface area contributed by atoms with Crippen LogP contribution in [0.4, 0.5) is 10.1 Å². The summed E-state index contributed by atoms with van der Waals surface area (Å²) >= 11 is 11.0. The molecule has 0 radical (unpaired) electrons. The van der Waals surface area contributed by atoms with Crippen molar-refractivity contribution in [2.24, 2.45) is 5.73 Å². The second-order valence-electron chi connectivity index (χ2n) is 4.69. The van der Waals surface area contributed by atoms with Gasteiger partial charge in [-0.1, -0.05) is 54.2 Å². The van der Waals surface area contributed by atoms with Gasteiger partial charge in [-0.25, -0.2) is 4.39 Å². The maximum absolute atomic E-state index is 13.6. The minimum Gasteiger partial charge on any atom is -0.393 e. The Balaban J connectivity index is 2.23. The zero-order chi connectivity index (χ0) is 15.2. The van der Waals surface area contributed by atoms with Gasteiger partial charge in [0.05, 0.1) is 10.0 Å². The van der Waals surface area contributed by atoms with Crippen LogP contribution in [0.15, 0.2) is 48.5 Å². The lowest BCUT2D eigenvalue weighted by molar-refractivity contribution is 0.625. The molecule has 2 nitrogen and oxygen atoms in total. The van der Waals surface area contributed by atoms with Crippen molar-refractivity contribution in [1.29, 1.82) is 0 Å². The molecule has 0 amide bonds. The molecule has 110 valence electrons. The Morgan fingerprint density at radius 1 is 1.14 bits per heavy atom. The normalized spacial score (nSPS) is 10.4. The maximum Gasteiger partial charge on any atom is 0.142 e. The van der Waals surface area contributed by atoms with Crippen LogP contribution in [-0.2, 0) is 6.54 Å². The van der Waals surface area contributed by atoms with Crippen molar-refractivity contribution in [2.75, 3.05) is 11.4 Å². The Labute approximate surface area is 134 Å². The lowest BCUT2D eigenvalue weighted by Crippen LogP contribution is -2.27. The van der Waals surface area contributed by atoms with E-state index in [2.05, 4.69) is 4.90 Å². The first-order valence-corrected chi connectivity index (χ1v) is 7.37. The quantitative estimate of drug-likeness (QED) is 0.810. The first kappa shape index (κ1) is 15.7. The van der Waals surface area contributed by atoms with Crippen LogP contribution in [0.3, 0.4) is 0 Å². The van der Waals surface area contributed by atoms with Crippen LogP contribution in [0.25, 0.3) is 0 Å². The van der Waals surface area contributed by atoms with E-state index >= 15 is 0 Å². The van der Waals surface area contributed by atoms with Gasteiger partial charge in [0.15, 0.2) is 0 Å². The minimum atomic E-state index is -0.406. The summed E-state index contributed by atoms with van der Waals surface area (Å²) in [6.07, 6.45) is 0.594. The average Bonchev–Trinajstić information content (AvgIpc) is 2.48. The fourth-order valence-electron chi connectivity index (χ4n) is 2.06. The van der Waals surface area contributed by atoms with Gasteiger partial charge in [-0.2, -0.15) is 0 Å². The van der Waals surface area contributed by atoms with Gasteiger partial charge in [-0.3, -0.25) is 0 Å². The molecule has 0 bridgehead atoms. The van der Waals surface area contributed by atoms with E-state index in [1.807, 2.05) is 36.4 Å². The molecule has 0 fully saturated rings. The zero-order valence-electron chi connectivity index (χ0n) is 11.4. The molecule has 0 aromatic heterocycles. The lowest BCUT2D eigenvalue weighted by Gasteiger charge is -2.25. The molecule has 2 N–H and O–H groups in total. The Bertz CT molecular complexity index is 619. The van der Waals surface area contributed by atoms with Crippen LogP contribution < -0.4 is 10.6 Å². The molecule has 5 heteroatoms. The molecule has 0 saturated carbocycles. The molecule has 2 aromatic rings. The van der Waals surface area contributed by atoms with Crippen molar-refractivity contribution in [1.82, 2.24) is 0 Å². The lowest BCUT2D eigenvalue weighted by atomic mass is 10.1. The first-order valence-electron chi connectivity index (χ1n) is 6.59. The molecule has 0 spiro atoms. The highest BCUT2D eigenvalue weighted by Gasteiger charge is 2.12. The van der Waals surface area contributed by atoms with Gasteiger partial charge in [0.1, 0.15) is 5.82 Å². The Kier molecular flexibility index (Phi) is 5.53. The zero-order valence-corrected chi connectivity index (χ0v) is 13.0. The number of benzene rings is 2. The number of para-hydroxylation sites is 1. The van der Waals surface area contributed by atoms with E-state index in [0.717, 1.165) is 11.3 Å². The van der Waals surface area contributed by atoms with Crippen molar-refractivity contribution in [2.45, 2.75) is 13.0 Å². The fraction of sp³-hybridized carbons (Fsp3) is 0.188. The van der Waals surface area contributed by atoms with Gasteiger partial charge in [0.2, 0.25) is 0 Å². The van der Waals surface area contributed by atoms with Gasteiger partial charge in [0.25, 0.3) is 0 Å². The number of thiocarbonyl (C=S) groups is 1. The molecule has 0 aliphatic heterocycles. The number of halogens is 2. The largest absolute Gasteiger partial charge is 0.393 e. The van der Waals surface area contributed by atoms with E-state index in [1.165, 1.54) is 6.07 Å². The van der Waals surface area contributed by atoms with Crippen molar-refractivity contribution >= 4 is 34.5 Å². The molecule has 0 atom stereocenters. The predicted molar refractivity (Wildman–Crippen MR) is 90.3 cm³/mol. The second-order valence-corrected chi connectivity index (χ2v) is 5.59. The topological polar surface area (TPSA) is 29.3 Å². The SMILES string of the molecule is NC(=S)CCN(Cc1cccc(F)c1Cl)c1ccccc1. The third-order valence-corrected chi connectivity index (χ3v) is 3.77. The van der Waals surface area contributed by atoms with E-state index in [0.29, 0.717) is 24.5 Å². The summed E-state index contributed by atoms with van der Waals surface area (Å²) in [7, 11) is 0. The molecule has 0 aliphatic carbocycles. The predicted octanol–water partition coefficient (Wildman–Crippen LogP) is 4.16. The molecular weight excluding hydrogens is 307 g/mol. The summed E-state index contributed by atoms with van der Waals surface area (Å²) in [6, 6.07) is 14.7.